The van der Waals surface area contributed by atoms with Crippen molar-refractivity contribution >= 4 is 34.9 Å². The maximum Gasteiger partial charge on any atom is 0.418 e. The Morgan fingerprint density at radius 1 is 0.867 bits per heavy atom. The molecule has 0 spiro atoms. The number of aryl methyl sites for hydroxylation is 1. The minimum absolute atomic E-state index is 0.0336. The monoisotopic (exact) mass is 439 g/mol. The van der Waals surface area contributed by atoms with Crippen molar-refractivity contribution in [2.24, 2.45) is 0 Å². The Balaban J connectivity index is 1.92. The molecular weight excluding hydrogens is 423 g/mol. The average Bonchev–Trinajstić information content (AvgIpc) is 2.68. The van der Waals surface area contributed by atoms with Gasteiger partial charge in [-0.05, 0) is 37.3 Å². The Hall–Kier alpha value is -3.27. The first-order valence-corrected chi connectivity index (χ1v) is 8.93. The lowest BCUT2D eigenvalue weighted by molar-refractivity contribution is -0.136. The van der Waals surface area contributed by atoms with Gasteiger partial charge in [0.25, 0.3) is 0 Å². The second-order valence-electron chi connectivity index (χ2n) is 6.03. The first-order valence-electron chi connectivity index (χ1n) is 8.55. The molecule has 0 radical (unpaired) electrons. The van der Waals surface area contributed by atoms with E-state index >= 15 is 0 Å². The van der Waals surface area contributed by atoms with Crippen LogP contribution >= 0.6 is 11.6 Å². The molecule has 3 aromatic rings. The molecule has 0 atom stereocenters. The highest BCUT2D eigenvalue weighted by Gasteiger charge is 2.34. The van der Waals surface area contributed by atoms with Crippen LogP contribution in [0.1, 0.15) is 11.4 Å². The van der Waals surface area contributed by atoms with Crippen molar-refractivity contribution in [1.29, 1.82) is 0 Å². The Labute approximate surface area is 175 Å². The van der Waals surface area contributed by atoms with Crippen molar-refractivity contribution < 1.29 is 22.6 Å². The first kappa shape index (κ1) is 21.4. The summed E-state index contributed by atoms with van der Waals surface area (Å²) in [4.78, 5) is 12.4. The summed E-state index contributed by atoms with van der Waals surface area (Å²) in [7, 11) is 3.02. The summed E-state index contributed by atoms with van der Waals surface area (Å²) in [6, 6.07) is 8.46. The second kappa shape index (κ2) is 8.62. The van der Waals surface area contributed by atoms with Gasteiger partial charge >= 0.3 is 6.18 Å². The number of benzene rings is 2. The number of hydrogen-bond acceptors (Lipinski definition) is 7. The topological polar surface area (TPSA) is 81.2 Å². The van der Waals surface area contributed by atoms with Crippen molar-refractivity contribution in [2.45, 2.75) is 13.1 Å². The van der Waals surface area contributed by atoms with Gasteiger partial charge in [-0.25, -0.2) is 0 Å². The van der Waals surface area contributed by atoms with Gasteiger partial charge in [-0.3, -0.25) is 0 Å². The smallest absolute Gasteiger partial charge is 0.418 e. The number of hydrogen-bond donors (Lipinski definition) is 2. The number of nitrogens with one attached hydrogen (secondary N) is 2. The minimum Gasteiger partial charge on any atom is -0.497 e. The van der Waals surface area contributed by atoms with Crippen LogP contribution in [0.15, 0.2) is 36.4 Å². The van der Waals surface area contributed by atoms with Gasteiger partial charge < -0.3 is 20.1 Å². The molecule has 0 fully saturated rings. The molecule has 7 nitrogen and oxygen atoms in total. The number of rotatable bonds is 6. The fourth-order valence-electron chi connectivity index (χ4n) is 2.60. The van der Waals surface area contributed by atoms with E-state index < -0.39 is 11.7 Å². The highest BCUT2D eigenvalue weighted by Crippen LogP contribution is 2.37. The molecule has 0 aliphatic carbocycles. The Morgan fingerprint density at radius 3 is 2.10 bits per heavy atom. The van der Waals surface area contributed by atoms with Gasteiger partial charge in [0.05, 0.1) is 31.2 Å². The zero-order valence-electron chi connectivity index (χ0n) is 16.1. The molecule has 0 amide bonds. The molecule has 2 aromatic carbocycles. The standard InChI is InChI=1S/C19H17ClF3N5O2/c1-10-24-17(26-14-6-4-11(20)8-13(14)19(21,22)23)28-18(25-10)27-15-7-5-12(29-2)9-16(15)30-3/h4-9H,1-3H3,(H2,24,25,26,27,28). The summed E-state index contributed by atoms with van der Waals surface area (Å²) in [5.41, 5.74) is -0.623. The number of methoxy groups -OCH3 is 2. The van der Waals surface area contributed by atoms with E-state index in [1.165, 1.54) is 26.4 Å². The molecule has 0 saturated carbocycles. The summed E-state index contributed by atoms with van der Waals surface area (Å²) in [6.07, 6.45) is -4.60. The molecule has 0 saturated heterocycles. The van der Waals surface area contributed by atoms with Crippen LogP contribution in [0.3, 0.4) is 0 Å². The molecule has 1 heterocycles. The molecule has 0 bridgehead atoms. The summed E-state index contributed by atoms with van der Waals surface area (Å²) in [6.45, 7) is 1.59. The molecule has 30 heavy (non-hydrogen) atoms. The number of aromatic nitrogens is 3. The quantitative estimate of drug-likeness (QED) is 0.535. The van der Waals surface area contributed by atoms with Crippen LogP contribution in [0.4, 0.5) is 36.4 Å². The van der Waals surface area contributed by atoms with Gasteiger partial charge in [-0.2, -0.15) is 28.1 Å². The molecule has 0 aliphatic heterocycles. The van der Waals surface area contributed by atoms with Crippen molar-refractivity contribution in [3.05, 3.63) is 52.8 Å². The summed E-state index contributed by atoms with van der Waals surface area (Å²) >= 11 is 5.72. The van der Waals surface area contributed by atoms with E-state index in [0.29, 0.717) is 23.0 Å². The lowest BCUT2D eigenvalue weighted by Crippen LogP contribution is -2.11. The van der Waals surface area contributed by atoms with Gasteiger partial charge in [0.2, 0.25) is 11.9 Å². The molecule has 2 N–H and O–H groups in total. The number of ether oxygens (including phenoxy) is 2. The Bertz CT molecular complexity index is 1060. The van der Waals surface area contributed by atoms with Crippen molar-refractivity contribution in [3.63, 3.8) is 0 Å². The van der Waals surface area contributed by atoms with Gasteiger partial charge in [0, 0.05) is 11.1 Å². The molecule has 158 valence electrons. The van der Waals surface area contributed by atoms with E-state index in [-0.39, 0.29) is 22.6 Å². The molecule has 0 aliphatic rings. The number of halogens is 4. The van der Waals surface area contributed by atoms with Crippen LogP contribution in [0.25, 0.3) is 0 Å². The predicted octanol–water partition coefficient (Wildman–Crippen LogP) is 5.36. The van der Waals surface area contributed by atoms with E-state index in [0.717, 1.165) is 6.07 Å². The van der Waals surface area contributed by atoms with E-state index in [9.17, 15) is 13.2 Å². The summed E-state index contributed by atoms with van der Waals surface area (Å²) < 4.78 is 50.5. The third-order valence-corrected chi connectivity index (χ3v) is 4.17. The van der Waals surface area contributed by atoms with E-state index in [1.807, 2.05) is 0 Å². The van der Waals surface area contributed by atoms with Crippen LogP contribution < -0.4 is 20.1 Å². The van der Waals surface area contributed by atoms with Gasteiger partial charge in [-0.1, -0.05) is 11.6 Å². The second-order valence-corrected chi connectivity index (χ2v) is 6.47. The van der Waals surface area contributed by atoms with Crippen LogP contribution in [0.5, 0.6) is 11.5 Å². The molecule has 1 aromatic heterocycles. The Kier molecular flexibility index (Phi) is 6.16. The maximum atomic E-state index is 13.3. The number of anilines is 4. The van der Waals surface area contributed by atoms with Crippen LogP contribution in [-0.4, -0.2) is 29.2 Å². The normalized spacial score (nSPS) is 11.2. The van der Waals surface area contributed by atoms with Crippen LogP contribution in [0, 0.1) is 6.92 Å². The number of nitrogens with zero attached hydrogens (tertiary/aromatic N) is 3. The summed E-state index contributed by atoms with van der Waals surface area (Å²) in [5.74, 6) is 1.42. The van der Waals surface area contributed by atoms with Crippen LogP contribution in [-0.2, 0) is 6.18 Å². The van der Waals surface area contributed by atoms with Crippen molar-refractivity contribution in [2.75, 3.05) is 24.9 Å². The SMILES string of the molecule is COc1ccc(Nc2nc(C)nc(Nc3ccc(Cl)cc3C(F)(F)F)n2)c(OC)c1. The number of alkyl halides is 3. The van der Waals surface area contributed by atoms with E-state index in [4.69, 9.17) is 21.1 Å². The molecule has 11 heteroatoms. The lowest BCUT2D eigenvalue weighted by Gasteiger charge is -2.15. The van der Waals surface area contributed by atoms with Crippen LogP contribution in [0.2, 0.25) is 5.02 Å². The maximum absolute atomic E-state index is 13.3. The Morgan fingerprint density at radius 2 is 1.50 bits per heavy atom. The highest BCUT2D eigenvalue weighted by atomic mass is 35.5. The van der Waals surface area contributed by atoms with Gasteiger partial charge in [-0.15, -0.1) is 0 Å². The zero-order valence-corrected chi connectivity index (χ0v) is 16.9. The van der Waals surface area contributed by atoms with Gasteiger partial charge in [0.1, 0.15) is 17.3 Å². The third-order valence-electron chi connectivity index (χ3n) is 3.94. The average molecular weight is 440 g/mol. The molecular formula is C19H17ClF3N5O2. The molecule has 0 unspecified atom stereocenters. The van der Waals surface area contributed by atoms with E-state index in [1.54, 1.807) is 25.1 Å². The third kappa shape index (κ3) is 5.01. The minimum atomic E-state index is -4.60. The first-order chi connectivity index (χ1) is 14.2. The molecule has 3 rings (SSSR count). The predicted molar refractivity (Wildman–Crippen MR) is 107 cm³/mol. The largest absolute Gasteiger partial charge is 0.497 e. The lowest BCUT2D eigenvalue weighted by atomic mass is 10.1. The fourth-order valence-corrected chi connectivity index (χ4v) is 2.77. The highest BCUT2D eigenvalue weighted by molar-refractivity contribution is 6.30. The van der Waals surface area contributed by atoms with Gasteiger partial charge in [0.15, 0.2) is 0 Å². The van der Waals surface area contributed by atoms with Crippen molar-refractivity contribution in [3.8, 4) is 11.5 Å². The fraction of sp³-hybridized carbons (Fsp3) is 0.211. The summed E-state index contributed by atoms with van der Waals surface area (Å²) in [5, 5.41) is 5.52. The zero-order chi connectivity index (χ0) is 21.9. The van der Waals surface area contributed by atoms with Crippen molar-refractivity contribution in [1.82, 2.24) is 15.0 Å². The van der Waals surface area contributed by atoms with E-state index in [2.05, 4.69) is 25.6 Å².